The first-order chi connectivity index (χ1) is 14.6. The molecule has 0 atom stereocenters. The van der Waals surface area contributed by atoms with Crippen LogP contribution in [-0.4, -0.2) is 34.8 Å². The summed E-state index contributed by atoms with van der Waals surface area (Å²) in [6.45, 7) is 3.95. The van der Waals surface area contributed by atoms with Crippen molar-refractivity contribution < 1.29 is 9.59 Å². The van der Waals surface area contributed by atoms with Gasteiger partial charge in [0.2, 0.25) is 5.91 Å². The molecule has 1 aromatic heterocycles. The molecule has 30 heavy (non-hydrogen) atoms. The van der Waals surface area contributed by atoms with E-state index in [2.05, 4.69) is 39.9 Å². The molecule has 0 aliphatic carbocycles. The lowest BCUT2D eigenvalue weighted by Crippen LogP contribution is -2.26. The van der Waals surface area contributed by atoms with Crippen molar-refractivity contribution in [3.05, 3.63) is 75.6 Å². The van der Waals surface area contributed by atoms with Crippen LogP contribution >= 0.6 is 11.3 Å². The van der Waals surface area contributed by atoms with Crippen LogP contribution in [0, 0.1) is 6.92 Å². The molecule has 2 heterocycles. The van der Waals surface area contributed by atoms with Gasteiger partial charge in [0.25, 0.3) is 5.91 Å². The lowest BCUT2D eigenvalue weighted by Gasteiger charge is -2.16. The zero-order valence-electron chi connectivity index (χ0n) is 17.1. The molecular formula is C24H25N3O2S. The molecule has 6 heteroatoms. The molecule has 1 aliphatic rings. The van der Waals surface area contributed by atoms with Gasteiger partial charge in [-0.25, -0.2) is 4.98 Å². The number of nitrogens with zero attached hydrogens (tertiary/aromatic N) is 2. The Bertz CT molecular complexity index is 1040. The number of aromatic nitrogens is 1. The fourth-order valence-corrected chi connectivity index (χ4v) is 4.29. The minimum atomic E-state index is -0.0841. The molecule has 2 aromatic carbocycles. The van der Waals surface area contributed by atoms with Crippen LogP contribution in [-0.2, 0) is 17.8 Å². The molecule has 0 bridgehead atoms. The van der Waals surface area contributed by atoms with Gasteiger partial charge in [0, 0.05) is 42.6 Å². The van der Waals surface area contributed by atoms with E-state index in [-0.39, 0.29) is 11.8 Å². The number of hydrogen-bond acceptors (Lipinski definition) is 4. The average Bonchev–Trinajstić information content (AvgIpc) is 3.37. The number of benzene rings is 2. The molecule has 0 radical (unpaired) electrons. The van der Waals surface area contributed by atoms with Gasteiger partial charge in [-0.3, -0.25) is 9.59 Å². The first kappa shape index (κ1) is 20.3. The van der Waals surface area contributed by atoms with Crippen LogP contribution in [0.1, 0.15) is 39.3 Å². The van der Waals surface area contributed by atoms with E-state index in [1.807, 2.05) is 36.1 Å². The average molecular weight is 420 g/mol. The Labute approximate surface area is 180 Å². The third kappa shape index (κ3) is 4.94. The fraction of sp³-hybridized carbons (Fsp3) is 0.292. The van der Waals surface area contributed by atoms with Gasteiger partial charge in [0.15, 0.2) is 0 Å². The van der Waals surface area contributed by atoms with Gasteiger partial charge in [0.1, 0.15) is 0 Å². The third-order valence-corrected chi connectivity index (χ3v) is 6.08. The topological polar surface area (TPSA) is 62.3 Å². The van der Waals surface area contributed by atoms with E-state index >= 15 is 0 Å². The molecule has 1 N–H and O–H groups in total. The Morgan fingerprint density at radius 2 is 2.00 bits per heavy atom. The Hall–Kier alpha value is -2.99. The number of nitrogens with one attached hydrogen (secondary N) is 1. The number of rotatable bonds is 7. The number of carbonyl (C=O) groups excluding carboxylic acids is 2. The van der Waals surface area contributed by atoms with Crippen molar-refractivity contribution in [3.63, 3.8) is 0 Å². The third-order valence-electron chi connectivity index (χ3n) is 5.30. The summed E-state index contributed by atoms with van der Waals surface area (Å²) in [5.74, 6) is 0.111. The number of likely N-dealkylation sites (tertiary alicyclic amines) is 1. The van der Waals surface area contributed by atoms with E-state index in [0.717, 1.165) is 41.2 Å². The maximum atomic E-state index is 12.5. The molecule has 1 fully saturated rings. The number of thiazole rings is 1. The standard InChI is InChI=1S/C24H25N3O2S/c1-17-26-22(16-30-17)20-9-7-18(8-10-20)11-12-25-24(29)21-5-2-4-19(14-21)15-27-13-3-6-23(27)28/h2,4-5,7-10,14,16H,3,6,11-13,15H2,1H3,(H,25,29). The molecule has 3 aromatic rings. The Balaban J connectivity index is 1.29. The predicted octanol–water partition coefficient (Wildman–Crippen LogP) is 4.21. The van der Waals surface area contributed by atoms with Crippen molar-refractivity contribution in [2.45, 2.75) is 32.7 Å². The van der Waals surface area contributed by atoms with Crippen LogP contribution in [0.25, 0.3) is 11.3 Å². The quantitative estimate of drug-likeness (QED) is 0.624. The van der Waals surface area contributed by atoms with E-state index in [4.69, 9.17) is 0 Å². The summed E-state index contributed by atoms with van der Waals surface area (Å²) in [7, 11) is 0. The SMILES string of the molecule is Cc1nc(-c2ccc(CCNC(=O)c3cccc(CN4CCCC4=O)c3)cc2)cs1. The summed E-state index contributed by atoms with van der Waals surface area (Å²) in [6.07, 6.45) is 2.32. The Kier molecular flexibility index (Phi) is 6.23. The van der Waals surface area contributed by atoms with Gasteiger partial charge in [0.05, 0.1) is 10.7 Å². The second-order valence-corrected chi connectivity index (χ2v) is 8.64. The van der Waals surface area contributed by atoms with E-state index in [1.165, 1.54) is 5.56 Å². The van der Waals surface area contributed by atoms with E-state index in [1.54, 1.807) is 11.3 Å². The molecule has 1 aliphatic heterocycles. The molecule has 0 spiro atoms. The normalized spacial score (nSPS) is 13.6. The highest BCUT2D eigenvalue weighted by molar-refractivity contribution is 7.09. The van der Waals surface area contributed by atoms with Crippen LogP contribution in [0.5, 0.6) is 0 Å². The van der Waals surface area contributed by atoms with E-state index < -0.39 is 0 Å². The molecular weight excluding hydrogens is 394 g/mol. The highest BCUT2D eigenvalue weighted by Gasteiger charge is 2.20. The summed E-state index contributed by atoms with van der Waals surface area (Å²) in [5, 5.41) is 6.13. The second-order valence-electron chi connectivity index (χ2n) is 7.57. The van der Waals surface area contributed by atoms with Gasteiger partial charge < -0.3 is 10.2 Å². The number of aryl methyl sites for hydroxylation is 1. The first-order valence-corrected chi connectivity index (χ1v) is 11.1. The molecule has 2 amide bonds. The van der Waals surface area contributed by atoms with Crippen molar-refractivity contribution in [2.75, 3.05) is 13.1 Å². The van der Waals surface area contributed by atoms with Crippen LogP contribution in [0.4, 0.5) is 0 Å². The monoisotopic (exact) mass is 419 g/mol. The number of carbonyl (C=O) groups is 2. The summed E-state index contributed by atoms with van der Waals surface area (Å²) >= 11 is 1.65. The van der Waals surface area contributed by atoms with Crippen LogP contribution in [0.15, 0.2) is 53.9 Å². The van der Waals surface area contributed by atoms with E-state index in [9.17, 15) is 9.59 Å². The van der Waals surface area contributed by atoms with E-state index in [0.29, 0.717) is 25.1 Å². The second kappa shape index (κ2) is 9.22. The highest BCUT2D eigenvalue weighted by Crippen LogP contribution is 2.22. The molecule has 1 saturated heterocycles. The fourth-order valence-electron chi connectivity index (χ4n) is 3.66. The molecule has 0 saturated carbocycles. The van der Waals surface area contributed by atoms with Crippen LogP contribution < -0.4 is 5.32 Å². The maximum absolute atomic E-state index is 12.5. The van der Waals surface area contributed by atoms with Crippen LogP contribution in [0.2, 0.25) is 0 Å². The zero-order valence-corrected chi connectivity index (χ0v) is 17.9. The summed E-state index contributed by atoms with van der Waals surface area (Å²) < 4.78 is 0. The lowest BCUT2D eigenvalue weighted by atomic mass is 10.1. The number of hydrogen-bond donors (Lipinski definition) is 1. The van der Waals surface area contributed by atoms with Crippen molar-refractivity contribution in [2.24, 2.45) is 0 Å². The smallest absolute Gasteiger partial charge is 0.251 e. The Morgan fingerprint density at radius 3 is 2.70 bits per heavy atom. The predicted molar refractivity (Wildman–Crippen MR) is 119 cm³/mol. The molecule has 5 nitrogen and oxygen atoms in total. The highest BCUT2D eigenvalue weighted by atomic mass is 32.1. The van der Waals surface area contributed by atoms with Crippen molar-refractivity contribution >= 4 is 23.2 Å². The van der Waals surface area contributed by atoms with Gasteiger partial charge >= 0.3 is 0 Å². The molecule has 154 valence electrons. The zero-order chi connectivity index (χ0) is 20.9. The maximum Gasteiger partial charge on any atom is 0.251 e. The van der Waals surface area contributed by atoms with Gasteiger partial charge in [-0.2, -0.15) is 0 Å². The van der Waals surface area contributed by atoms with Gasteiger partial charge in [-0.1, -0.05) is 36.4 Å². The summed E-state index contributed by atoms with van der Waals surface area (Å²) in [5.41, 5.74) is 4.92. The largest absolute Gasteiger partial charge is 0.352 e. The molecule has 4 rings (SSSR count). The minimum Gasteiger partial charge on any atom is -0.352 e. The van der Waals surface area contributed by atoms with Crippen molar-refractivity contribution in [1.29, 1.82) is 0 Å². The summed E-state index contributed by atoms with van der Waals surface area (Å²) in [6, 6.07) is 15.9. The van der Waals surface area contributed by atoms with Crippen molar-refractivity contribution in [1.82, 2.24) is 15.2 Å². The molecule has 0 unspecified atom stereocenters. The number of amides is 2. The van der Waals surface area contributed by atoms with Gasteiger partial charge in [-0.15, -0.1) is 11.3 Å². The van der Waals surface area contributed by atoms with Crippen molar-refractivity contribution in [3.8, 4) is 11.3 Å². The first-order valence-electron chi connectivity index (χ1n) is 10.2. The summed E-state index contributed by atoms with van der Waals surface area (Å²) in [4.78, 5) is 30.7. The lowest BCUT2D eigenvalue weighted by molar-refractivity contribution is -0.128. The Morgan fingerprint density at radius 1 is 1.17 bits per heavy atom. The van der Waals surface area contributed by atoms with Gasteiger partial charge in [-0.05, 0) is 43.0 Å². The minimum absolute atomic E-state index is 0.0841. The van der Waals surface area contributed by atoms with Crippen LogP contribution in [0.3, 0.4) is 0 Å².